The van der Waals surface area contributed by atoms with Crippen LogP contribution in [0.3, 0.4) is 0 Å². The molecule has 2 aromatic heterocycles. The van der Waals surface area contributed by atoms with Gasteiger partial charge >= 0.3 is 0 Å². The molecule has 2 heterocycles. The second kappa shape index (κ2) is 12.8. The smallest absolute Gasteiger partial charge is 0.177 e. The van der Waals surface area contributed by atoms with Crippen LogP contribution in [0, 0.1) is 33.2 Å². The largest absolute Gasteiger partial charge is 0.195 e. The Morgan fingerprint density at radius 3 is 1.26 bits per heavy atom. The van der Waals surface area contributed by atoms with E-state index in [0.717, 1.165) is 63.9 Å². The first-order valence-electron chi connectivity index (χ1n) is 17.6. The fourth-order valence-electron chi connectivity index (χ4n) is 9.04. The normalized spacial score (nSPS) is 16.5. The topological polar surface area (TPSA) is 0 Å². The van der Waals surface area contributed by atoms with Crippen molar-refractivity contribution in [3.05, 3.63) is 57.8 Å². The lowest BCUT2D eigenvalue weighted by Gasteiger charge is -2.30. The van der Waals surface area contributed by atoms with E-state index in [1.165, 1.54) is 98.2 Å². The molecule has 2 saturated carbocycles. The van der Waals surface area contributed by atoms with Gasteiger partial charge in [0.1, 0.15) is 16.1 Å². The minimum Gasteiger partial charge on any atom is -0.195 e. The number of thiophene rings is 2. The number of halogens is 2. The number of fused-ring (bicyclic) bond motifs is 4. The minimum absolute atomic E-state index is 0.166. The van der Waals surface area contributed by atoms with Gasteiger partial charge in [-0.1, -0.05) is 90.9 Å². The lowest BCUT2D eigenvalue weighted by Crippen LogP contribution is -2.36. The Hall–Kier alpha value is -2.49. The van der Waals surface area contributed by atoms with Crippen molar-refractivity contribution in [1.82, 2.24) is 0 Å². The van der Waals surface area contributed by atoms with Gasteiger partial charge in [-0.2, -0.15) is 8.78 Å². The predicted molar refractivity (Wildman–Crippen MR) is 204 cm³/mol. The summed E-state index contributed by atoms with van der Waals surface area (Å²) < 4.78 is 31.3. The average Bonchev–Trinajstić information content (AvgIpc) is 3.89. The van der Waals surface area contributed by atoms with Gasteiger partial charge in [0.2, 0.25) is 0 Å². The van der Waals surface area contributed by atoms with Gasteiger partial charge in [-0.3, -0.25) is 0 Å². The molecule has 0 N–H and O–H groups in total. The summed E-state index contributed by atoms with van der Waals surface area (Å²) in [7, 11) is -3.69. The molecule has 0 aliphatic heterocycles. The van der Waals surface area contributed by atoms with Crippen molar-refractivity contribution < 1.29 is 8.78 Å². The van der Waals surface area contributed by atoms with Crippen LogP contribution in [-0.4, -0.2) is 16.1 Å². The fourth-order valence-corrected chi connectivity index (χ4v) is 18.9. The van der Waals surface area contributed by atoms with E-state index >= 15 is 0 Å². The lowest BCUT2D eigenvalue weighted by molar-refractivity contribution is 0.658. The van der Waals surface area contributed by atoms with E-state index < -0.39 is 16.1 Å². The lowest BCUT2D eigenvalue weighted by atomic mass is 9.91. The van der Waals surface area contributed by atoms with Gasteiger partial charge in [0.15, 0.2) is 10.3 Å². The van der Waals surface area contributed by atoms with E-state index in [4.69, 9.17) is 0 Å². The number of rotatable bonds is 6. The second-order valence-electron chi connectivity index (χ2n) is 13.9. The summed E-state index contributed by atoms with van der Waals surface area (Å²) in [5, 5.41) is 5.76. The molecule has 0 atom stereocenters. The average molecular weight is 683 g/mol. The quantitative estimate of drug-likeness (QED) is 0.0950. The fraction of sp³-hybridized carbons (Fsp3) is 0.450. The van der Waals surface area contributed by atoms with Crippen molar-refractivity contribution >= 4 is 80.5 Å². The van der Waals surface area contributed by atoms with Crippen LogP contribution in [0.25, 0.3) is 41.7 Å². The Morgan fingerprint density at radius 2 is 0.913 bits per heavy atom. The maximum atomic E-state index is 14.7. The van der Waals surface area contributed by atoms with E-state index in [1.54, 1.807) is 12.1 Å². The number of hydrogen-bond acceptors (Lipinski definition) is 2. The number of hydrogen-bond donors (Lipinski definition) is 0. The molecule has 3 aromatic carbocycles. The van der Waals surface area contributed by atoms with Crippen LogP contribution in [0.15, 0.2) is 36.4 Å². The summed E-state index contributed by atoms with van der Waals surface area (Å²) >= 11 is 2.41. The van der Waals surface area contributed by atoms with E-state index in [9.17, 15) is 8.78 Å². The third-order valence-electron chi connectivity index (χ3n) is 12.0. The van der Waals surface area contributed by atoms with Crippen LogP contribution >= 0.6 is 22.7 Å². The van der Waals surface area contributed by atoms with Crippen LogP contribution in [0.2, 0.25) is 35.3 Å². The van der Waals surface area contributed by atoms with Gasteiger partial charge in [0.05, 0.1) is 0 Å². The second-order valence-corrected chi connectivity index (χ2v) is 25.6. The van der Waals surface area contributed by atoms with Gasteiger partial charge in [-0.05, 0) is 93.2 Å². The molecule has 0 saturated heterocycles. The summed E-state index contributed by atoms with van der Waals surface area (Å²) in [6.07, 6.45) is 10.5. The standard InChI is InChI=1S/C40H44F2S2Si2/c1-5-45(6-2,29-13-9-10-14-29)19-17-31-33-21-27-23-39(41)44-38(27)26-36(33)32(18-20-46(7-3,8-4)30-15-11-12-16-30)34-22-28-24-40(42)43-37(28)25-35(31)34/h21-26,29-30H,5-16H2,1-4H3. The minimum atomic E-state index is -1.84. The molecule has 6 heteroatoms. The monoisotopic (exact) mass is 682 g/mol. The Bertz CT molecular complexity index is 1820. The molecule has 238 valence electrons. The van der Waals surface area contributed by atoms with Gasteiger partial charge in [-0.25, -0.2) is 0 Å². The zero-order valence-electron chi connectivity index (χ0n) is 27.7. The molecule has 2 aliphatic rings. The highest BCUT2D eigenvalue weighted by atomic mass is 32.1. The van der Waals surface area contributed by atoms with E-state index in [2.05, 4.69) is 74.9 Å². The van der Waals surface area contributed by atoms with Crippen LogP contribution in [-0.2, 0) is 0 Å². The summed E-state index contributed by atoms with van der Waals surface area (Å²) in [4.78, 5) is 0. The van der Waals surface area contributed by atoms with Gasteiger partial charge < -0.3 is 0 Å². The van der Waals surface area contributed by atoms with Crippen molar-refractivity contribution in [1.29, 1.82) is 0 Å². The first-order valence-corrected chi connectivity index (χ1v) is 24.2. The SMILES string of the molecule is CC[Si](C#Cc1c2cc3cc(F)sc3cc2c(C#C[Si](CC)(CC)C2CCCC2)c2cc3cc(F)sc3cc12)(CC)C1CCCC1. The van der Waals surface area contributed by atoms with E-state index in [0.29, 0.717) is 0 Å². The van der Waals surface area contributed by atoms with E-state index in [-0.39, 0.29) is 10.3 Å². The zero-order chi connectivity index (χ0) is 32.1. The highest BCUT2D eigenvalue weighted by Crippen LogP contribution is 2.45. The Balaban J connectivity index is 1.57. The maximum Gasteiger partial charge on any atom is 0.177 e. The molecule has 0 unspecified atom stereocenters. The van der Waals surface area contributed by atoms with Gasteiger partial charge in [0, 0.05) is 31.3 Å². The predicted octanol–water partition coefficient (Wildman–Crippen LogP) is 13.3. The molecule has 0 spiro atoms. The first kappa shape index (κ1) is 32.1. The van der Waals surface area contributed by atoms with Crippen LogP contribution < -0.4 is 0 Å². The van der Waals surface area contributed by atoms with Crippen molar-refractivity contribution in [3.63, 3.8) is 0 Å². The van der Waals surface area contributed by atoms with E-state index in [1.807, 2.05) is 0 Å². The van der Waals surface area contributed by atoms with Gasteiger partial charge in [0.25, 0.3) is 0 Å². The molecule has 0 nitrogen and oxygen atoms in total. The van der Waals surface area contributed by atoms with Crippen molar-refractivity contribution in [2.45, 2.75) is 114 Å². The third-order valence-corrected chi connectivity index (χ3v) is 24.3. The Morgan fingerprint density at radius 1 is 0.565 bits per heavy atom. The molecule has 5 aromatic rings. The molecule has 0 radical (unpaired) electrons. The highest BCUT2D eigenvalue weighted by Gasteiger charge is 2.39. The molecule has 0 amide bonds. The first-order chi connectivity index (χ1) is 22.3. The Labute approximate surface area is 283 Å². The Kier molecular flexibility index (Phi) is 8.96. The number of benzene rings is 3. The van der Waals surface area contributed by atoms with Crippen LogP contribution in [0.4, 0.5) is 8.78 Å². The molecular weight excluding hydrogens is 639 g/mol. The molecule has 46 heavy (non-hydrogen) atoms. The van der Waals surface area contributed by atoms with Crippen LogP contribution in [0.1, 0.15) is 90.2 Å². The summed E-state index contributed by atoms with van der Waals surface area (Å²) in [5.74, 6) is 7.71. The molecule has 7 rings (SSSR count). The third kappa shape index (κ3) is 5.48. The van der Waals surface area contributed by atoms with Gasteiger partial charge in [-0.15, -0.1) is 33.8 Å². The highest BCUT2D eigenvalue weighted by molar-refractivity contribution is 7.18. The molecule has 2 fully saturated rings. The summed E-state index contributed by atoms with van der Waals surface area (Å²) in [5.41, 5.74) is 11.6. The molecule has 0 bridgehead atoms. The van der Waals surface area contributed by atoms with Crippen molar-refractivity contribution in [2.24, 2.45) is 0 Å². The van der Waals surface area contributed by atoms with Crippen molar-refractivity contribution in [2.75, 3.05) is 0 Å². The molecular formula is C40H44F2S2Si2. The van der Waals surface area contributed by atoms with Crippen LogP contribution in [0.5, 0.6) is 0 Å². The maximum absolute atomic E-state index is 14.7. The van der Waals surface area contributed by atoms with Crippen molar-refractivity contribution in [3.8, 4) is 22.9 Å². The zero-order valence-corrected chi connectivity index (χ0v) is 31.3. The summed E-state index contributed by atoms with van der Waals surface area (Å²) in [6, 6.07) is 16.7. The summed E-state index contributed by atoms with van der Waals surface area (Å²) in [6.45, 7) is 9.43. The molecule has 2 aliphatic carbocycles.